The van der Waals surface area contributed by atoms with E-state index in [2.05, 4.69) is 45.6 Å². The number of benzene rings is 2. The van der Waals surface area contributed by atoms with Crippen molar-refractivity contribution in [2.24, 2.45) is 4.99 Å². The second kappa shape index (κ2) is 6.96. The Kier molecular flexibility index (Phi) is 4.57. The topological polar surface area (TPSA) is 43.6 Å². The van der Waals surface area contributed by atoms with E-state index in [4.69, 9.17) is 0 Å². The molecule has 0 aliphatic rings. The molecule has 0 saturated heterocycles. The molecule has 4 nitrogen and oxygen atoms in total. The largest absolute Gasteiger partial charge is 0.465 e. The third-order valence-electron chi connectivity index (χ3n) is 3.72. The van der Waals surface area contributed by atoms with Crippen LogP contribution in [0.3, 0.4) is 0 Å². The number of carbonyl (C=O) groups is 1. The van der Waals surface area contributed by atoms with Gasteiger partial charge in [0, 0.05) is 29.4 Å². The molecule has 120 valence electrons. The normalized spacial score (nSPS) is 10.9. The average Bonchev–Trinajstić information content (AvgIpc) is 3.01. The molecule has 0 bridgehead atoms. The van der Waals surface area contributed by atoms with E-state index in [0.29, 0.717) is 5.56 Å². The highest BCUT2D eigenvalue weighted by atomic mass is 16.5. The standard InChI is InChI=1S/C20H18N2O2/c1-15-12-16(14-22(15)19-6-4-3-5-7-19)13-21-18-10-8-17(9-11-18)20(23)24-2/h3-14H,1-2H3. The van der Waals surface area contributed by atoms with Crippen LogP contribution in [0.5, 0.6) is 0 Å². The Hall–Kier alpha value is -3.14. The lowest BCUT2D eigenvalue weighted by Crippen LogP contribution is -1.99. The van der Waals surface area contributed by atoms with Crippen molar-refractivity contribution in [1.82, 2.24) is 4.57 Å². The Bertz CT molecular complexity index is 862. The van der Waals surface area contributed by atoms with Crippen LogP contribution in [0, 0.1) is 6.92 Å². The Morgan fingerprint density at radius 1 is 1.08 bits per heavy atom. The number of carbonyl (C=O) groups excluding carboxylic acids is 1. The number of ether oxygens (including phenoxy) is 1. The van der Waals surface area contributed by atoms with Crippen molar-refractivity contribution in [2.45, 2.75) is 6.92 Å². The minimum absolute atomic E-state index is 0.346. The second-order valence-electron chi connectivity index (χ2n) is 5.42. The maximum absolute atomic E-state index is 11.4. The van der Waals surface area contributed by atoms with E-state index in [-0.39, 0.29) is 5.97 Å². The van der Waals surface area contributed by atoms with Gasteiger partial charge in [0.2, 0.25) is 0 Å². The van der Waals surface area contributed by atoms with E-state index >= 15 is 0 Å². The lowest BCUT2D eigenvalue weighted by molar-refractivity contribution is 0.0601. The van der Waals surface area contributed by atoms with E-state index in [1.165, 1.54) is 7.11 Å². The van der Waals surface area contributed by atoms with Crippen molar-refractivity contribution >= 4 is 17.9 Å². The molecule has 0 aliphatic carbocycles. The van der Waals surface area contributed by atoms with Gasteiger partial charge in [-0.3, -0.25) is 4.99 Å². The summed E-state index contributed by atoms with van der Waals surface area (Å²) in [5.74, 6) is -0.346. The SMILES string of the molecule is COC(=O)c1ccc(N=Cc2cc(C)n(-c3ccccc3)c2)cc1. The maximum Gasteiger partial charge on any atom is 0.337 e. The van der Waals surface area contributed by atoms with E-state index in [0.717, 1.165) is 22.6 Å². The highest BCUT2D eigenvalue weighted by Crippen LogP contribution is 2.16. The number of esters is 1. The molecule has 0 aliphatic heterocycles. The fourth-order valence-corrected chi connectivity index (χ4v) is 2.49. The summed E-state index contributed by atoms with van der Waals surface area (Å²) >= 11 is 0. The summed E-state index contributed by atoms with van der Waals surface area (Å²) < 4.78 is 6.81. The monoisotopic (exact) mass is 318 g/mol. The van der Waals surface area contributed by atoms with Crippen LogP contribution in [-0.2, 0) is 4.74 Å². The van der Waals surface area contributed by atoms with Crippen molar-refractivity contribution in [2.75, 3.05) is 7.11 Å². The van der Waals surface area contributed by atoms with Crippen LogP contribution in [-0.4, -0.2) is 23.9 Å². The molecule has 4 heteroatoms. The minimum atomic E-state index is -0.346. The van der Waals surface area contributed by atoms with Gasteiger partial charge in [0.25, 0.3) is 0 Å². The fourth-order valence-electron chi connectivity index (χ4n) is 2.49. The van der Waals surface area contributed by atoms with Gasteiger partial charge in [-0.05, 0) is 49.4 Å². The molecule has 0 N–H and O–H groups in total. The van der Waals surface area contributed by atoms with Gasteiger partial charge in [-0.1, -0.05) is 18.2 Å². The summed E-state index contributed by atoms with van der Waals surface area (Å²) in [6, 6.07) is 19.3. The molecule has 0 amide bonds. The first-order valence-electron chi connectivity index (χ1n) is 7.64. The number of aryl methyl sites for hydroxylation is 1. The molecule has 1 aromatic heterocycles. The van der Waals surface area contributed by atoms with Crippen molar-refractivity contribution in [3.05, 3.63) is 83.7 Å². The molecular weight excluding hydrogens is 300 g/mol. The first kappa shape index (κ1) is 15.7. The molecule has 0 unspecified atom stereocenters. The number of hydrogen-bond acceptors (Lipinski definition) is 3. The van der Waals surface area contributed by atoms with Gasteiger partial charge < -0.3 is 9.30 Å². The Balaban J connectivity index is 1.79. The molecule has 0 fully saturated rings. The molecular formula is C20H18N2O2. The van der Waals surface area contributed by atoms with Gasteiger partial charge in [-0.25, -0.2) is 4.79 Å². The van der Waals surface area contributed by atoms with E-state index in [1.54, 1.807) is 24.3 Å². The van der Waals surface area contributed by atoms with Crippen LogP contribution < -0.4 is 0 Å². The Morgan fingerprint density at radius 3 is 2.46 bits per heavy atom. The summed E-state index contributed by atoms with van der Waals surface area (Å²) in [5, 5.41) is 0. The summed E-state index contributed by atoms with van der Waals surface area (Å²) in [5.41, 5.74) is 4.59. The molecule has 0 atom stereocenters. The molecule has 0 spiro atoms. The summed E-state index contributed by atoms with van der Waals surface area (Å²) in [6.07, 6.45) is 3.87. The van der Waals surface area contributed by atoms with Gasteiger partial charge >= 0.3 is 5.97 Å². The second-order valence-corrected chi connectivity index (χ2v) is 5.42. The third kappa shape index (κ3) is 3.43. The lowest BCUT2D eigenvalue weighted by Gasteiger charge is -2.04. The first-order chi connectivity index (χ1) is 11.7. The number of rotatable bonds is 4. The highest BCUT2D eigenvalue weighted by Gasteiger charge is 2.04. The van der Waals surface area contributed by atoms with Crippen molar-refractivity contribution in [1.29, 1.82) is 0 Å². The van der Waals surface area contributed by atoms with Crippen LogP contribution >= 0.6 is 0 Å². The van der Waals surface area contributed by atoms with E-state index in [1.807, 2.05) is 24.4 Å². The van der Waals surface area contributed by atoms with E-state index in [9.17, 15) is 4.79 Å². The molecule has 3 rings (SSSR count). The van der Waals surface area contributed by atoms with Crippen LogP contribution in [0.15, 0.2) is 71.9 Å². The average molecular weight is 318 g/mol. The van der Waals surface area contributed by atoms with Gasteiger partial charge in [-0.15, -0.1) is 0 Å². The number of aromatic nitrogens is 1. The minimum Gasteiger partial charge on any atom is -0.465 e. The fraction of sp³-hybridized carbons (Fsp3) is 0.100. The number of aliphatic imine (C=N–C) groups is 1. The molecule has 24 heavy (non-hydrogen) atoms. The highest BCUT2D eigenvalue weighted by molar-refractivity contribution is 5.90. The molecule has 2 aromatic carbocycles. The van der Waals surface area contributed by atoms with Crippen LogP contribution in [0.4, 0.5) is 5.69 Å². The van der Waals surface area contributed by atoms with Crippen molar-refractivity contribution < 1.29 is 9.53 Å². The zero-order valence-electron chi connectivity index (χ0n) is 13.6. The number of hydrogen-bond donors (Lipinski definition) is 0. The van der Waals surface area contributed by atoms with Crippen molar-refractivity contribution in [3.63, 3.8) is 0 Å². The summed E-state index contributed by atoms with van der Waals surface area (Å²) in [7, 11) is 1.37. The van der Waals surface area contributed by atoms with Crippen molar-refractivity contribution in [3.8, 4) is 5.69 Å². The quantitative estimate of drug-likeness (QED) is 0.531. The lowest BCUT2D eigenvalue weighted by atomic mass is 10.2. The smallest absolute Gasteiger partial charge is 0.337 e. The number of nitrogens with zero attached hydrogens (tertiary/aromatic N) is 2. The molecule has 1 heterocycles. The van der Waals surface area contributed by atoms with Gasteiger partial charge in [0.05, 0.1) is 18.4 Å². The van der Waals surface area contributed by atoms with Gasteiger partial charge in [0.1, 0.15) is 0 Å². The van der Waals surface area contributed by atoms with Gasteiger partial charge in [0.15, 0.2) is 0 Å². The zero-order chi connectivity index (χ0) is 16.9. The van der Waals surface area contributed by atoms with Gasteiger partial charge in [-0.2, -0.15) is 0 Å². The Morgan fingerprint density at radius 2 is 1.79 bits per heavy atom. The summed E-state index contributed by atoms with van der Waals surface area (Å²) in [4.78, 5) is 15.9. The molecule has 3 aromatic rings. The van der Waals surface area contributed by atoms with Crippen LogP contribution in [0.2, 0.25) is 0 Å². The predicted octanol–water partition coefficient (Wildman–Crippen LogP) is 4.32. The summed E-state index contributed by atoms with van der Waals surface area (Å²) in [6.45, 7) is 2.06. The maximum atomic E-state index is 11.4. The first-order valence-corrected chi connectivity index (χ1v) is 7.64. The zero-order valence-corrected chi connectivity index (χ0v) is 13.6. The Labute approximate surface area is 141 Å². The number of methoxy groups -OCH3 is 1. The third-order valence-corrected chi connectivity index (χ3v) is 3.72. The van der Waals surface area contributed by atoms with E-state index < -0.39 is 0 Å². The van der Waals surface area contributed by atoms with Crippen LogP contribution in [0.1, 0.15) is 21.6 Å². The number of para-hydroxylation sites is 1. The molecule has 0 saturated carbocycles. The predicted molar refractivity (Wildman–Crippen MR) is 95.5 cm³/mol. The van der Waals surface area contributed by atoms with Crippen LogP contribution in [0.25, 0.3) is 5.69 Å². The molecule has 0 radical (unpaired) electrons.